The number of rotatable bonds is 5. The van der Waals surface area contributed by atoms with Crippen LogP contribution in [0.2, 0.25) is 0 Å². The molecule has 1 N–H and O–H groups in total. The lowest BCUT2D eigenvalue weighted by Gasteiger charge is -2.36. The lowest BCUT2D eigenvalue weighted by Crippen LogP contribution is -2.45. The second-order valence-electron chi connectivity index (χ2n) is 6.98. The smallest absolute Gasteiger partial charge is 0.433 e. The van der Waals surface area contributed by atoms with Crippen LogP contribution in [0.15, 0.2) is 42.6 Å². The number of halogens is 3. The Balaban J connectivity index is 1.72. The Bertz CT molecular complexity index is 730. The van der Waals surface area contributed by atoms with Gasteiger partial charge in [0.25, 0.3) is 0 Å². The lowest BCUT2D eigenvalue weighted by atomic mass is 10.0. The van der Waals surface area contributed by atoms with Crippen LogP contribution >= 0.6 is 0 Å². The fourth-order valence-electron chi connectivity index (χ4n) is 3.23. The third-order valence-corrected chi connectivity index (χ3v) is 4.49. The molecule has 1 aromatic heterocycles. The van der Waals surface area contributed by atoms with Crippen molar-refractivity contribution in [3.8, 4) is 5.75 Å². The quantitative estimate of drug-likeness (QED) is 0.851. The highest BCUT2D eigenvalue weighted by molar-refractivity contribution is 5.30. The first-order valence-corrected chi connectivity index (χ1v) is 9.06. The molecule has 1 unspecified atom stereocenters. The minimum absolute atomic E-state index is 0.121. The molecular formula is C20H24F3N3O. The zero-order valence-corrected chi connectivity index (χ0v) is 15.5. The summed E-state index contributed by atoms with van der Waals surface area (Å²) in [6.45, 7) is 6.98. The summed E-state index contributed by atoms with van der Waals surface area (Å²) in [6, 6.07) is 10.7. The summed E-state index contributed by atoms with van der Waals surface area (Å²) in [5, 5.41) is 3.39. The third kappa shape index (κ3) is 5.20. The lowest BCUT2D eigenvalue weighted by molar-refractivity contribution is -0.141. The van der Waals surface area contributed by atoms with E-state index in [0.717, 1.165) is 42.6 Å². The van der Waals surface area contributed by atoms with Gasteiger partial charge < -0.3 is 10.1 Å². The maximum atomic E-state index is 12.7. The van der Waals surface area contributed by atoms with Crippen LogP contribution in [0.4, 0.5) is 13.2 Å². The van der Waals surface area contributed by atoms with Crippen molar-refractivity contribution in [2.24, 2.45) is 0 Å². The van der Waals surface area contributed by atoms with Crippen LogP contribution in [-0.4, -0.2) is 35.6 Å². The maximum Gasteiger partial charge on any atom is 0.433 e. The average molecular weight is 379 g/mol. The van der Waals surface area contributed by atoms with Gasteiger partial charge in [0.05, 0.1) is 6.10 Å². The predicted molar refractivity (Wildman–Crippen MR) is 97.5 cm³/mol. The minimum atomic E-state index is -4.41. The van der Waals surface area contributed by atoms with E-state index in [0.29, 0.717) is 6.54 Å². The van der Waals surface area contributed by atoms with E-state index >= 15 is 0 Å². The van der Waals surface area contributed by atoms with E-state index in [4.69, 9.17) is 4.74 Å². The molecule has 27 heavy (non-hydrogen) atoms. The van der Waals surface area contributed by atoms with Crippen molar-refractivity contribution in [2.45, 2.75) is 38.7 Å². The number of aromatic nitrogens is 1. The number of nitrogens with one attached hydrogen (secondary N) is 1. The second kappa shape index (κ2) is 8.27. The van der Waals surface area contributed by atoms with E-state index in [9.17, 15) is 13.2 Å². The molecule has 1 aliphatic rings. The molecule has 0 spiro atoms. The summed E-state index contributed by atoms with van der Waals surface area (Å²) in [6.07, 6.45) is -2.96. The molecule has 3 rings (SSSR count). The molecule has 0 radical (unpaired) electrons. The molecule has 0 amide bonds. The zero-order chi connectivity index (χ0) is 19.4. The largest absolute Gasteiger partial charge is 0.491 e. The number of nitrogens with zero attached hydrogens (tertiary/aromatic N) is 2. The van der Waals surface area contributed by atoms with E-state index in [1.807, 2.05) is 38.1 Å². The fourth-order valence-corrected chi connectivity index (χ4v) is 3.23. The van der Waals surface area contributed by atoms with Crippen molar-refractivity contribution in [1.29, 1.82) is 0 Å². The predicted octanol–water partition coefficient (Wildman–Crippen LogP) is 4.03. The van der Waals surface area contributed by atoms with Gasteiger partial charge in [-0.15, -0.1) is 0 Å². The van der Waals surface area contributed by atoms with Gasteiger partial charge in [-0.1, -0.05) is 18.2 Å². The number of hydrogen-bond donors (Lipinski definition) is 1. The van der Waals surface area contributed by atoms with Crippen LogP contribution < -0.4 is 10.1 Å². The van der Waals surface area contributed by atoms with Crippen LogP contribution in [0.1, 0.15) is 36.7 Å². The van der Waals surface area contributed by atoms with Gasteiger partial charge in [0.2, 0.25) is 0 Å². The summed E-state index contributed by atoms with van der Waals surface area (Å²) in [7, 11) is 0. The van der Waals surface area contributed by atoms with E-state index in [-0.39, 0.29) is 12.1 Å². The molecule has 146 valence electrons. The molecule has 0 aliphatic carbocycles. The van der Waals surface area contributed by atoms with Crippen molar-refractivity contribution < 1.29 is 17.9 Å². The van der Waals surface area contributed by atoms with Crippen molar-refractivity contribution in [1.82, 2.24) is 15.2 Å². The van der Waals surface area contributed by atoms with Crippen LogP contribution in [0.3, 0.4) is 0 Å². The van der Waals surface area contributed by atoms with Crippen LogP contribution in [0.5, 0.6) is 5.75 Å². The number of alkyl halides is 3. The first kappa shape index (κ1) is 19.6. The molecule has 4 nitrogen and oxygen atoms in total. The Morgan fingerprint density at radius 2 is 1.93 bits per heavy atom. The van der Waals surface area contributed by atoms with E-state index in [1.54, 1.807) is 0 Å². The van der Waals surface area contributed by atoms with Crippen LogP contribution in [0.25, 0.3) is 0 Å². The van der Waals surface area contributed by atoms with Crippen molar-refractivity contribution >= 4 is 0 Å². The number of piperazine rings is 1. The van der Waals surface area contributed by atoms with Gasteiger partial charge in [-0.2, -0.15) is 13.2 Å². The minimum Gasteiger partial charge on any atom is -0.491 e. The van der Waals surface area contributed by atoms with Gasteiger partial charge in [-0.3, -0.25) is 9.88 Å². The topological polar surface area (TPSA) is 37.4 Å². The highest BCUT2D eigenvalue weighted by atomic mass is 19.4. The summed E-state index contributed by atoms with van der Waals surface area (Å²) < 4.78 is 43.7. The Morgan fingerprint density at radius 1 is 1.19 bits per heavy atom. The molecule has 7 heteroatoms. The summed E-state index contributed by atoms with van der Waals surface area (Å²) in [5.41, 5.74) is 1.07. The molecule has 1 aliphatic heterocycles. The monoisotopic (exact) mass is 379 g/mol. The first-order valence-electron chi connectivity index (χ1n) is 9.06. The second-order valence-corrected chi connectivity index (χ2v) is 6.98. The third-order valence-electron chi connectivity index (χ3n) is 4.49. The Kier molecular flexibility index (Phi) is 6.01. The molecule has 0 saturated carbocycles. The van der Waals surface area contributed by atoms with Gasteiger partial charge in [0, 0.05) is 38.4 Å². The number of ether oxygens (including phenoxy) is 1. The molecule has 2 aromatic rings. The van der Waals surface area contributed by atoms with E-state index in [2.05, 4.69) is 15.2 Å². The van der Waals surface area contributed by atoms with Crippen molar-refractivity contribution in [3.63, 3.8) is 0 Å². The molecule has 1 fully saturated rings. The van der Waals surface area contributed by atoms with Crippen molar-refractivity contribution in [2.75, 3.05) is 19.6 Å². The molecule has 0 bridgehead atoms. The molecular weight excluding hydrogens is 355 g/mol. The van der Waals surface area contributed by atoms with Gasteiger partial charge in [0.1, 0.15) is 11.4 Å². The number of pyridine rings is 1. The number of hydrogen-bond acceptors (Lipinski definition) is 4. The standard InChI is InChI=1S/C20H24F3N3O/c1-14(2)27-17-6-4-16(5-7-17)18-12-24-9-10-26(18)13-15-3-8-19(25-11-15)20(21,22)23/h3-8,11,14,18,24H,9-10,12-13H2,1-2H3. The number of benzene rings is 1. The Hall–Kier alpha value is -2.12. The summed E-state index contributed by atoms with van der Waals surface area (Å²) in [4.78, 5) is 5.83. The molecule has 1 atom stereocenters. The highest BCUT2D eigenvalue weighted by Crippen LogP contribution is 2.29. The molecule has 1 saturated heterocycles. The van der Waals surface area contributed by atoms with Gasteiger partial charge >= 0.3 is 6.18 Å². The summed E-state index contributed by atoms with van der Waals surface area (Å²) >= 11 is 0. The van der Waals surface area contributed by atoms with Crippen molar-refractivity contribution in [3.05, 3.63) is 59.4 Å². The SMILES string of the molecule is CC(C)Oc1ccc(C2CNCCN2Cc2ccc(C(F)(F)F)nc2)cc1. The normalized spacial score (nSPS) is 18.7. The van der Waals surface area contributed by atoms with Gasteiger partial charge in [-0.25, -0.2) is 0 Å². The van der Waals surface area contributed by atoms with Gasteiger partial charge in [0.15, 0.2) is 0 Å². The highest BCUT2D eigenvalue weighted by Gasteiger charge is 2.32. The molecule has 1 aromatic carbocycles. The van der Waals surface area contributed by atoms with Crippen LogP contribution in [0, 0.1) is 0 Å². The Morgan fingerprint density at radius 3 is 2.52 bits per heavy atom. The van der Waals surface area contributed by atoms with E-state index < -0.39 is 11.9 Å². The van der Waals surface area contributed by atoms with Crippen LogP contribution in [-0.2, 0) is 12.7 Å². The van der Waals surface area contributed by atoms with E-state index in [1.165, 1.54) is 12.3 Å². The zero-order valence-electron chi connectivity index (χ0n) is 15.5. The average Bonchev–Trinajstić information content (AvgIpc) is 2.62. The first-order chi connectivity index (χ1) is 12.8. The molecule has 2 heterocycles. The summed E-state index contributed by atoms with van der Waals surface area (Å²) in [5.74, 6) is 0.830. The maximum absolute atomic E-state index is 12.7. The Labute approximate surface area is 157 Å². The fraction of sp³-hybridized carbons (Fsp3) is 0.450. The van der Waals surface area contributed by atoms with Gasteiger partial charge in [-0.05, 0) is 43.2 Å².